The van der Waals surface area contributed by atoms with Crippen molar-refractivity contribution < 1.29 is 14.3 Å². The summed E-state index contributed by atoms with van der Waals surface area (Å²) in [6.07, 6.45) is 4.87. The molecule has 1 aromatic carbocycles. The topological polar surface area (TPSA) is 84.4 Å². The van der Waals surface area contributed by atoms with Gasteiger partial charge in [-0.25, -0.2) is 4.98 Å². The number of rotatable bonds is 4. The van der Waals surface area contributed by atoms with Gasteiger partial charge in [-0.2, -0.15) is 0 Å². The maximum absolute atomic E-state index is 13.1. The van der Waals surface area contributed by atoms with Gasteiger partial charge in [0.1, 0.15) is 12.1 Å². The molecule has 3 aromatic rings. The average Bonchev–Trinajstić information content (AvgIpc) is 2.83. The number of benzene rings is 1. The van der Waals surface area contributed by atoms with Crippen molar-refractivity contribution in [1.82, 2.24) is 15.3 Å². The van der Waals surface area contributed by atoms with E-state index in [4.69, 9.17) is 16.3 Å². The smallest absolute Gasteiger partial charge is 0.264 e. The number of carbonyl (C=O) groups excluding carboxylic acids is 2. The summed E-state index contributed by atoms with van der Waals surface area (Å²) in [6, 6.07) is 11.8. The molecule has 4 rings (SSSR count). The van der Waals surface area contributed by atoms with Gasteiger partial charge in [0.15, 0.2) is 5.75 Å². The van der Waals surface area contributed by atoms with E-state index in [0.29, 0.717) is 23.0 Å². The summed E-state index contributed by atoms with van der Waals surface area (Å²) < 4.78 is 5.80. The number of ether oxygens (including phenoxy) is 1. The van der Waals surface area contributed by atoms with E-state index in [9.17, 15) is 9.59 Å². The van der Waals surface area contributed by atoms with Gasteiger partial charge >= 0.3 is 0 Å². The second kappa shape index (κ2) is 7.66. The van der Waals surface area contributed by atoms with Crippen LogP contribution in [0.25, 0.3) is 0 Å². The molecule has 140 valence electrons. The van der Waals surface area contributed by atoms with E-state index in [1.54, 1.807) is 48.8 Å². The van der Waals surface area contributed by atoms with Gasteiger partial charge in [-0.3, -0.25) is 19.5 Å². The molecular weight excluding hydrogens is 380 g/mol. The Kier molecular flexibility index (Phi) is 4.90. The number of hydrogen-bond donors (Lipinski definition) is 1. The molecule has 0 fully saturated rings. The summed E-state index contributed by atoms with van der Waals surface area (Å²) in [7, 11) is 0. The highest BCUT2D eigenvalue weighted by molar-refractivity contribution is 6.31. The number of aromatic nitrogens is 2. The molecule has 3 heterocycles. The Bertz CT molecular complexity index is 1040. The minimum atomic E-state index is -0.388. The standard InChI is InChI=1S/C20H15ClN4O3/c21-14-5-6-17-16(9-14)25(20(27)15-4-2-8-23-19(15)28-17)12-18(26)24-11-13-3-1-7-22-10-13/h1-10H,11-12H2,(H,24,26). The monoisotopic (exact) mass is 394 g/mol. The molecule has 0 radical (unpaired) electrons. The van der Waals surface area contributed by atoms with E-state index >= 15 is 0 Å². The highest BCUT2D eigenvalue weighted by Gasteiger charge is 2.30. The van der Waals surface area contributed by atoms with Gasteiger partial charge in [-0.05, 0) is 42.0 Å². The van der Waals surface area contributed by atoms with Crippen LogP contribution in [0.5, 0.6) is 11.6 Å². The predicted molar refractivity (Wildman–Crippen MR) is 104 cm³/mol. The van der Waals surface area contributed by atoms with Gasteiger partial charge in [-0.15, -0.1) is 0 Å². The van der Waals surface area contributed by atoms with E-state index in [1.807, 2.05) is 6.07 Å². The average molecular weight is 395 g/mol. The van der Waals surface area contributed by atoms with Crippen LogP contribution in [-0.4, -0.2) is 28.3 Å². The molecule has 28 heavy (non-hydrogen) atoms. The van der Waals surface area contributed by atoms with Crippen molar-refractivity contribution in [3.8, 4) is 11.6 Å². The Morgan fingerprint density at radius 1 is 1.18 bits per heavy atom. The largest absolute Gasteiger partial charge is 0.436 e. The van der Waals surface area contributed by atoms with Crippen molar-refractivity contribution in [2.24, 2.45) is 0 Å². The molecule has 0 unspecified atom stereocenters. The maximum atomic E-state index is 13.1. The number of fused-ring (bicyclic) bond motifs is 2. The number of nitrogens with one attached hydrogen (secondary N) is 1. The first-order valence-electron chi connectivity index (χ1n) is 8.52. The third-order valence-corrected chi connectivity index (χ3v) is 4.41. The summed E-state index contributed by atoms with van der Waals surface area (Å²) in [6.45, 7) is 0.121. The summed E-state index contributed by atoms with van der Waals surface area (Å²) in [5, 5.41) is 3.22. The van der Waals surface area contributed by atoms with E-state index in [2.05, 4.69) is 15.3 Å². The van der Waals surface area contributed by atoms with E-state index in [1.165, 1.54) is 11.1 Å². The van der Waals surface area contributed by atoms with Crippen LogP contribution >= 0.6 is 11.6 Å². The predicted octanol–water partition coefficient (Wildman–Crippen LogP) is 3.20. The van der Waals surface area contributed by atoms with Crippen LogP contribution in [0, 0.1) is 0 Å². The van der Waals surface area contributed by atoms with Crippen LogP contribution in [0.4, 0.5) is 5.69 Å². The molecule has 2 amide bonds. The van der Waals surface area contributed by atoms with Crippen LogP contribution in [0.3, 0.4) is 0 Å². The lowest BCUT2D eigenvalue weighted by atomic mass is 10.2. The Balaban J connectivity index is 1.62. The molecule has 1 aliphatic heterocycles. The SMILES string of the molecule is O=C(CN1C(=O)c2cccnc2Oc2ccc(Cl)cc21)NCc1cccnc1. The summed E-state index contributed by atoms with van der Waals surface area (Å²) in [4.78, 5) is 35.1. The van der Waals surface area contributed by atoms with Crippen LogP contribution < -0.4 is 15.0 Å². The summed E-state index contributed by atoms with van der Waals surface area (Å²) >= 11 is 6.12. The fourth-order valence-electron chi connectivity index (χ4n) is 2.84. The molecular formula is C20H15ClN4O3. The van der Waals surface area contributed by atoms with Crippen molar-refractivity contribution in [1.29, 1.82) is 0 Å². The first-order valence-corrected chi connectivity index (χ1v) is 8.89. The number of anilines is 1. The quantitative estimate of drug-likeness (QED) is 0.734. The molecule has 0 aliphatic carbocycles. The van der Waals surface area contributed by atoms with E-state index in [-0.39, 0.29) is 29.8 Å². The Morgan fingerprint density at radius 3 is 2.86 bits per heavy atom. The van der Waals surface area contributed by atoms with Gasteiger partial charge < -0.3 is 10.1 Å². The lowest BCUT2D eigenvalue weighted by molar-refractivity contribution is -0.119. The lowest BCUT2D eigenvalue weighted by Crippen LogP contribution is -2.40. The maximum Gasteiger partial charge on any atom is 0.264 e. The van der Waals surface area contributed by atoms with E-state index in [0.717, 1.165) is 5.56 Å². The minimum absolute atomic E-state index is 0.189. The molecule has 0 saturated heterocycles. The fourth-order valence-corrected chi connectivity index (χ4v) is 3.01. The molecule has 2 aromatic heterocycles. The van der Waals surface area contributed by atoms with Crippen molar-refractivity contribution in [3.63, 3.8) is 0 Å². The number of pyridine rings is 2. The lowest BCUT2D eigenvalue weighted by Gasteiger charge is -2.21. The van der Waals surface area contributed by atoms with E-state index < -0.39 is 0 Å². The summed E-state index contributed by atoms with van der Waals surface area (Å²) in [5.74, 6) is -0.124. The Morgan fingerprint density at radius 2 is 2.04 bits per heavy atom. The number of amides is 2. The van der Waals surface area contributed by atoms with Gasteiger partial charge in [0.05, 0.1) is 5.69 Å². The molecule has 8 heteroatoms. The van der Waals surface area contributed by atoms with Crippen LogP contribution in [0.15, 0.2) is 61.1 Å². The van der Waals surface area contributed by atoms with Crippen LogP contribution in [0.2, 0.25) is 5.02 Å². The molecule has 0 saturated carbocycles. The first kappa shape index (κ1) is 17.9. The van der Waals surface area contributed by atoms with Crippen LogP contribution in [-0.2, 0) is 11.3 Å². The minimum Gasteiger partial charge on any atom is -0.436 e. The zero-order valence-electron chi connectivity index (χ0n) is 14.6. The third kappa shape index (κ3) is 3.65. The zero-order valence-corrected chi connectivity index (χ0v) is 15.4. The van der Waals surface area contributed by atoms with Crippen molar-refractivity contribution in [2.45, 2.75) is 6.54 Å². The molecule has 7 nitrogen and oxygen atoms in total. The molecule has 1 N–H and O–H groups in total. The third-order valence-electron chi connectivity index (χ3n) is 4.18. The second-order valence-corrected chi connectivity index (χ2v) is 6.54. The summed E-state index contributed by atoms with van der Waals surface area (Å²) in [5.41, 5.74) is 1.54. The van der Waals surface area contributed by atoms with Crippen molar-refractivity contribution in [2.75, 3.05) is 11.4 Å². The molecule has 0 spiro atoms. The highest BCUT2D eigenvalue weighted by atomic mass is 35.5. The number of hydrogen-bond acceptors (Lipinski definition) is 5. The van der Waals surface area contributed by atoms with Gasteiger partial charge in [0, 0.05) is 30.2 Å². The fraction of sp³-hybridized carbons (Fsp3) is 0.100. The highest BCUT2D eigenvalue weighted by Crippen LogP contribution is 2.39. The van der Waals surface area contributed by atoms with Gasteiger partial charge in [-0.1, -0.05) is 17.7 Å². The zero-order chi connectivity index (χ0) is 19.5. The second-order valence-electron chi connectivity index (χ2n) is 6.10. The molecule has 0 atom stereocenters. The first-order chi connectivity index (χ1) is 13.6. The molecule has 1 aliphatic rings. The Hall–Kier alpha value is -3.45. The van der Waals surface area contributed by atoms with Crippen molar-refractivity contribution >= 4 is 29.1 Å². The van der Waals surface area contributed by atoms with Gasteiger partial charge in [0.25, 0.3) is 5.91 Å². The Labute approximate surface area is 165 Å². The normalized spacial score (nSPS) is 12.5. The number of nitrogens with zero attached hydrogens (tertiary/aromatic N) is 3. The van der Waals surface area contributed by atoms with Crippen molar-refractivity contribution in [3.05, 3.63) is 77.2 Å². The van der Waals surface area contributed by atoms with Crippen LogP contribution in [0.1, 0.15) is 15.9 Å². The van der Waals surface area contributed by atoms with Gasteiger partial charge in [0.2, 0.25) is 11.8 Å². The molecule has 0 bridgehead atoms. The number of halogens is 1. The number of carbonyl (C=O) groups is 2.